The highest BCUT2D eigenvalue weighted by atomic mass is 32.1. The van der Waals surface area contributed by atoms with E-state index in [1.807, 2.05) is 73.8 Å². The molecular weight excluding hydrogens is 406 g/mol. The van der Waals surface area contributed by atoms with Gasteiger partial charge in [0.1, 0.15) is 5.75 Å². The summed E-state index contributed by atoms with van der Waals surface area (Å²) in [6.45, 7) is 4.10. The molecule has 0 spiro atoms. The van der Waals surface area contributed by atoms with Crippen LogP contribution in [0.1, 0.15) is 21.5 Å². The Kier molecular flexibility index (Phi) is 4.71. The number of nitrogens with zero attached hydrogens (tertiary/aromatic N) is 2. The number of thiazole rings is 1. The van der Waals surface area contributed by atoms with E-state index in [0.717, 1.165) is 43.4 Å². The summed E-state index contributed by atoms with van der Waals surface area (Å²) < 4.78 is 8.33. The zero-order valence-corrected chi connectivity index (χ0v) is 18.3. The number of hydrogen-bond acceptors (Lipinski definition) is 4. The minimum absolute atomic E-state index is 0.116. The summed E-state index contributed by atoms with van der Waals surface area (Å²) in [6.07, 6.45) is 2.03. The van der Waals surface area contributed by atoms with Crippen molar-refractivity contribution in [3.05, 3.63) is 83.6 Å². The molecule has 5 aromatic rings. The number of methoxy groups -OCH3 is 1. The molecule has 0 bridgehead atoms. The molecule has 154 valence electrons. The number of hydrogen-bond donors (Lipinski definition) is 1. The summed E-state index contributed by atoms with van der Waals surface area (Å²) in [5.74, 6) is 0.706. The molecule has 1 N–H and O–H groups in total. The molecule has 5 nitrogen and oxygen atoms in total. The van der Waals surface area contributed by atoms with Crippen LogP contribution in [0.5, 0.6) is 5.75 Å². The Morgan fingerprint density at radius 2 is 1.81 bits per heavy atom. The van der Waals surface area contributed by atoms with Crippen LogP contribution in [-0.2, 0) is 0 Å². The van der Waals surface area contributed by atoms with E-state index in [0.29, 0.717) is 5.56 Å². The van der Waals surface area contributed by atoms with Gasteiger partial charge in [0, 0.05) is 23.0 Å². The lowest BCUT2D eigenvalue weighted by Crippen LogP contribution is -2.11. The molecule has 0 atom stereocenters. The minimum atomic E-state index is -0.116. The van der Waals surface area contributed by atoms with E-state index >= 15 is 0 Å². The quantitative estimate of drug-likeness (QED) is 0.377. The standard InChI is InChI=1S/C25H21N3O2S/c1-15-4-8-19(12-16(15)2)26-24(29)18-7-11-22-23(13-18)31-25-27-21(14-28(22)25)17-5-9-20(30-3)10-6-17/h4-14H,1-3H3,(H,26,29). The zero-order chi connectivity index (χ0) is 21.5. The van der Waals surface area contributed by atoms with Gasteiger partial charge in [0.2, 0.25) is 0 Å². The van der Waals surface area contributed by atoms with Gasteiger partial charge in [-0.2, -0.15) is 0 Å². The number of fused-ring (bicyclic) bond motifs is 3. The number of ether oxygens (including phenoxy) is 1. The fourth-order valence-electron chi connectivity index (χ4n) is 3.57. The van der Waals surface area contributed by atoms with Crippen molar-refractivity contribution in [3.63, 3.8) is 0 Å². The van der Waals surface area contributed by atoms with Gasteiger partial charge in [-0.25, -0.2) is 4.98 Å². The number of aryl methyl sites for hydroxylation is 2. The fraction of sp³-hybridized carbons (Fsp3) is 0.120. The third-order valence-electron chi connectivity index (χ3n) is 5.51. The maximum absolute atomic E-state index is 12.8. The van der Waals surface area contributed by atoms with E-state index in [-0.39, 0.29) is 5.91 Å². The Morgan fingerprint density at radius 3 is 2.55 bits per heavy atom. The molecular formula is C25H21N3O2S. The second-order valence-corrected chi connectivity index (χ2v) is 8.55. The number of carbonyl (C=O) groups is 1. The van der Waals surface area contributed by atoms with E-state index < -0.39 is 0 Å². The Hall–Kier alpha value is -3.64. The van der Waals surface area contributed by atoms with Crippen molar-refractivity contribution in [2.45, 2.75) is 13.8 Å². The summed E-state index contributed by atoms with van der Waals surface area (Å²) in [6, 6.07) is 19.6. The molecule has 0 radical (unpaired) electrons. The van der Waals surface area contributed by atoms with Gasteiger partial charge < -0.3 is 10.1 Å². The highest BCUT2D eigenvalue weighted by Gasteiger charge is 2.13. The first-order valence-electron chi connectivity index (χ1n) is 9.96. The van der Waals surface area contributed by atoms with E-state index in [1.54, 1.807) is 18.4 Å². The monoisotopic (exact) mass is 427 g/mol. The second kappa shape index (κ2) is 7.56. The second-order valence-electron chi connectivity index (χ2n) is 7.54. The Bertz CT molecular complexity index is 1430. The summed E-state index contributed by atoms with van der Waals surface area (Å²) in [5.41, 5.74) is 6.77. The third-order valence-corrected chi connectivity index (χ3v) is 6.52. The van der Waals surface area contributed by atoms with E-state index in [9.17, 15) is 4.79 Å². The van der Waals surface area contributed by atoms with E-state index in [2.05, 4.69) is 16.6 Å². The maximum atomic E-state index is 12.8. The first-order chi connectivity index (χ1) is 15.0. The molecule has 3 aromatic carbocycles. The predicted molar refractivity (Wildman–Crippen MR) is 126 cm³/mol. The minimum Gasteiger partial charge on any atom is -0.497 e. The van der Waals surface area contributed by atoms with Gasteiger partial charge in [0.15, 0.2) is 4.96 Å². The number of aromatic nitrogens is 2. The molecule has 31 heavy (non-hydrogen) atoms. The molecule has 1 amide bonds. The fourth-order valence-corrected chi connectivity index (χ4v) is 4.61. The number of rotatable bonds is 4. The topological polar surface area (TPSA) is 55.6 Å². The van der Waals surface area contributed by atoms with Crippen molar-refractivity contribution in [3.8, 4) is 17.0 Å². The van der Waals surface area contributed by atoms with Crippen molar-refractivity contribution in [1.82, 2.24) is 9.38 Å². The number of imidazole rings is 1. The van der Waals surface area contributed by atoms with Crippen LogP contribution in [0.2, 0.25) is 0 Å². The molecule has 0 saturated carbocycles. The third kappa shape index (κ3) is 3.55. The highest BCUT2D eigenvalue weighted by molar-refractivity contribution is 7.23. The SMILES string of the molecule is COc1ccc(-c2cn3c(n2)sc2cc(C(=O)Nc4ccc(C)c(C)c4)ccc23)cc1. The predicted octanol–water partition coefficient (Wildman–Crippen LogP) is 6.09. The van der Waals surface area contributed by atoms with E-state index in [4.69, 9.17) is 9.72 Å². The largest absolute Gasteiger partial charge is 0.497 e. The van der Waals surface area contributed by atoms with Gasteiger partial charge in [0.25, 0.3) is 5.91 Å². The molecule has 5 rings (SSSR count). The van der Waals surface area contributed by atoms with Crippen LogP contribution in [0.4, 0.5) is 5.69 Å². The van der Waals surface area contributed by atoms with Gasteiger partial charge in [-0.15, -0.1) is 0 Å². The number of carbonyl (C=O) groups excluding carboxylic acids is 1. The molecule has 6 heteroatoms. The Morgan fingerprint density at radius 1 is 1.00 bits per heavy atom. The van der Waals surface area contributed by atoms with Crippen molar-refractivity contribution in [2.24, 2.45) is 0 Å². The lowest BCUT2D eigenvalue weighted by Gasteiger charge is -2.08. The van der Waals surface area contributed by atoms with Crippen LogP contribution >= 0.6 is 11.3 Å². The normalized spacial score (nSPS) is 11.2. The maximum Gasteiger partial charge on any atom is 0.255 e. The van der Waals surface area contributed by atoms with Crippen LogP contribution in [0.3, 0.4) is 0 Å². The lowest BCUT2D eigenvalue weighted by atomic mass is 10.1. The van der Waals surface area contributed by atoms with Gasteiger partial charge in [-0.1, -0.05) is 17.4 Å². The van der Waals surface area contributed by atoms with Crippen molar-refractivity contribution in [1.29, 1.82) is 0 Å². The van der Waals surface area contributed by atoms with Crippen LogP contribution in [0.15, 0.2) is 66.9 Å². The van der Waals surface area contributed by atoms with Crippen molar-refractivity contribution < 1.29 is 9.53 Å². The number of anilines is 1. The average Bonchev–Trinajstić information content (AvgIpc) is 3.34. The first kappa shape index (κ1) is 19.3. The first-order valence-corrected chi connectivity index (χ1v) is 10.8. The highest BCUT2D eigenvalue weighted by Crippen LogP contribution is 2.31. The smallest absolute Gasteiger partial charge is 0.255 e. The molecule has 0 saturated heterocycles. The molecule has 0 aliphatic rings. The van der Waals surface area contributed by atoms with Gasteiger partial charge >= 0.3 is 0 Å². The lowest BCUT2D eigenvalue weighted by molar-refractivity contribution is 0.102. The van der Waals surface area contributed by atoms with Gasteiger partial charge in [0.05, 0.1) is 23.0 Å². The van der Waals surface area contributed by atoms with Crippen LogP contribution in [-0.4, -0.2) is 22.4 Å². The Balaban J connectivity index is 1.44. The Labute approximate surface area is 183 Å². The molecule has 2 heterocycles. The number of benzene rings is 3. The van der Waals surface area contributed by atoms with Crippen molar-refractivity contribution >= 4 is 38.1 Å². The summed E-state index contributed by atoms with van der Waals surface area (Å²) in [5, 5.41) is 2.99. The van der Waals surface area contributed by atoms with E-state index in [1.165, 1.54) is 5.56 Å². The molecule has 0 aliphatic heterocycles. The summed E-state index contributed by atoms with van der Waals surface area (Å²) in [4.78, 5) is 18.4. The number of amides is 1. The van der Waals surface area contributed by atoms with Gasteiger partial charge in [-0.05, 0) is 79.6 Å². The van der Waals surface area contributed by atoms with Crippen LogP contribution < -0.4 is 10.1 Å². The molecule has 2 aromatic heterocycles. The molecule has 0 aliphatic carbocycles. The summed E-state index contributed by atoms with van der Waals surface area (Å²) in [7, 11) is 1.66. The summed E-state index contributed by atoms with van der Waals surface area (Å²) >= 11 is 1.57. The molecule has 0 unspecified atom stereocenters. The van der Waals surface area contributed by atoms with Crippen LogP contribution in [0.25, 0.3) is 26.4 Å². The molecule has 0 fully saturated rings. The number of nitrogens with one attached hydrogen (secondary N) is 1. The zero-order valence-electron chi connectivity index (χ0n) is 17.5. The van der Waals surface area contributed by atoms with Gasteiger partial charge in [-0.3, -0.25) is 9.20 Å². The van der Waals surface area contributed by atoms with Crippen molar-refractivity contribution in [2.75, 3.05) is 12.4 Å². The average molecular weight is 428 g/mol. The van der Waals surface area contributed by atoms with Crippen LogP contribution in [0, 0.1) is 13.8 Å².